The van der Waals surface area contributed by atoms with Gasteiger partial charge in [-0.3, -0.25) is 9.59 Å². The minimum Gasteiger partial charge on any atom is -0.355 e. The molecule has 0 unspecified atom stereocenters. The predicted molar refractivity (Wildman–Crippen MR) is 133 cm³/mol. The number of hydrogen-bond acceptors (Lipinski definition) is 5. The van der Waals surface area contributed by atoms with Gasteiger partial charge in [-0.05, 0) is 69.3 Å². The van der Waals surface area contributed by atoms with E-state index in [1.54, 1.807) is 24.3 Å². The van der Waals surface area contributed by atoms with E-state index < -0.39 is 10.0 Å². The van der Waals surface area contributed by atoms with Crippen molar-refractivity contribution >= 4 is 21.8 Å². The summed E-state index contributed by atoms with van der Waals surface area (Å²) < 4.78 is 27.2. The average molecular weight is 493 g/mol. The van der Waals surface area contributed by atoms with Crippen molar-refractivity contribution in [1.82, 2.24) is 19.8 Å². The largest absolute Gasteiger partial charge is 0.355 e. The minimum atomic E-state index is -3.45. The van der Waals surface area contributed by atoms with E-state index in [9.17, 15) is 18.0 Å². The summed E-state index contributed by atoms with van der Waals surface area (Å²) >= 11 is 0. The maximum Gasteiger partial charge on any atom is 0.240 e. The van der Waals surface area contributed by atoms with E-state index in [1.165, 1.54) is 0 Å². The van der Waals surface area contributed by atoms with Crippen LogP contribution < -0.4 is 10.0 Å². The minimum absolute atomic E-state index is 0.00590. The van der Waals surface area contributed by atoms with Gasteiger partial charge in [-0.15, -0.1) is 0 Å². The van der Waals surface area contributed by atoms with Crippen molar-refractivity contribution in [3.63, 3.8) is 0 Å². The Kier molecular flexibility index (Phi) is 8.76. The van der Waals surface area contributed by atoms with Crippen LogP contribution in [-0.2, 0) is 26.0 Å². The maximum absolute atomic E-state index is 12.7. The number of hydrogen-bond donors (Lipinski definition) is 2. The van der Waals surface area contributed by atoms with Crippen LogP contribution in [0.15, 0.2) is 29.2 Å². The average Bonchev–Trinajstić information content (AvgIpc) is 3.59. The Morgan fingerprint density at radius 1 is 1.06 bits per heavy atom. The zero-order valence-electron chi connectivity index (χ0n) is 21.0. The monoisotopic (exact) mass is 492 g/mol. The molecule has 0 atom stereocenters. The van der Waals surface area contributed by atoms with Gasteiger partial charge in [0.05, 0.1) is 4.90 Å². The lowest BCUT2D eigenvalue weighted by Gasteiger charge is -2.33. The third-order valence-corrected chi connectivity index (χ3v) is 8.00. The first-order valence-corrected chi connectivity index (χ1v) is 13.7. The molecule has 1 saturated heterocycles. The van der Waals surface area contributed by atoms with E-state index in [0.29, 0.717) is 45.3 Å². The Morgan fingerprint density at radius 2 is 1.68 bits per heavy atom. The van der Waals surface area contributed by atoms with Crippen molar-refractivity contribution < 1.29 is 18.0 Å². The van der Waals surface area contributed by atoms with Gasteiger partial charge in [-0.25, -0.2) is 13.1 Å². The standard InChI is InChI=1S/C25H40N4O4S/c1-25(2,18-28(3)4)17-26-24(31)20-13-15-29(16-14-20)23(30)12-7-19-5-10-22(11-6-19)34(32,33)27-21-8-9-21/h5-6,10-11,20-21,27H,7-9,12-18H2,1-4H3,(H,26,31). The summed E-state index contributed by atoms with van der Waals surface area (Å²) in [6.07, 6.45) is 4.11. The van der Waals surface area contributed by atoms with Crippen LogP contribution >= 0.6 is 0 Å². The number of amides is 2. The molecule has 2 N–H and O–H groups in total. The molecule has 1 saturated carbocycles. The first-order chi connectivity index (χ1) is 15.9. The molecule has 190 valence electrons. The molecule has 34 heavy (non-hydrogen) atoms. The highest BCUT2D eigenvalue weighted by molar-refractivity contribution is 7.89. The van der Waals surface area contributed by atoms with Crippen LogP contribution in [0.2, 0.25) is 0 Å². The van der Waals surface area contributed by atoms with E-state index in [2.05, 4.69) is 28.8 Å². The summed E-state index contributed by atoms with van der Waals surface area (Å²) in [5.41, 5.74) is 0.944. The van der Waals surface area contributed by atoms with Gasteiger partial charge in [-0.2, -0.15) is 0 Å². The molecule has 0 radical (unpaired) electrons. The molecule has 2 fully saturated rings. The van der Waals surface area contributed by atoms with E-state index >= 15 is 0 Å². The summed E-state index contributed by atoms with van der Waals surface area (Å²) in [6.45, 7) is 7.03. The second kappa shape index (κ2) is 11.2. The Hall–Kier alpha value is -1.97. The number of piperidine rings is 1. The van der Waals surface area contributed by atoms with Crippen LogP contribution in [0, 0.1) is 11.3 Å². The zero-order chi connectivity index (χ0) is 24.9. The molecule has 0 spiro atoms. The molecule has 2 amide bonds. The summed E-state index contributed by atoms with van der Waals surface area (Å²) in [4.78, 5) is 29.5. The maximum atomic E-state index is 12.7. The second-order valence-corrected chi connectivity index (χ2v) is 12.5. The van der Waals surface area contributed by atoms with Crippen LogP contribution in [0.25, 0.3) is 0 Å². The Labute approximate surface area is 204 Å². The van der Waals surface area contributed by atoms with E-state index in [-0.39, 0.29) is 34.1 Å². The molecule has 8 nitrogen and oxygen atoms in total. The van der Waals surface area contributed by atoms with Crippen LogP contribution in [0.4, 0.5) is 0 Å². The molecule has 1 aromatic carbocycles. The van der Waals surface area contributed by atoms with Crippen molar-refractivity contribution in [2.75, 3.05) is 40.3 Å². The Balaban J connectivity index is 1.39. The highest BCUT2D eigenvalue weighted by Gasteiger charge is 2.29. The predicted octanol–water partition coefficient (Wildman–Crippen LogP) is 2.00. The van der Waals surface area contributed by atoms with Gasteiger partial charge in [0.15, 0.2) is 0 Å². The van der Waals surface area contributed by atoms with Crippen molar-refractivity contribution in [1.29, 1.82) is 0 Å². The summed E-state index contributed by atoms with van der Waals surface area (Å²) in [5.74, 6) is 0.126. The van der Waals surface area contributed by atoms with Crippen molar-refractivity contribution in [3.05, 3.63) is 29.8 Å². The number of likely N-dealkylation sites (tertiary alicyclic amines) is 1. The van der Waals surface area contributed by atoms with Gasteiger partial charge in [0, 0.05) is 44.6 Å². The Morgan fingerprint density at radius 3 is 2.24 bits per heavy atom. The van der Waals surface area contributed by atoms with Gasteiger partial charge in [0.1, 0.15) is 0 Å². The fourth-order valence-electron chi connectivity index (χ4n) is 4.51. The van der Waals surface area contributed by atoms with Crippen molar-refractivity contribution in [3.8, 4) is 0 Å². The van der Waals surface area contributed by atoms with Crippen LogP contribution in [-0.4, -0.2) is 76.3 Å². The van der Waals surface area contributed by atoms with Crippen molar-refractivity contribution in [2.24, 2.45) is 11.3 Å². The highest BCUT2D eigenvalue weighted by Crippen LogP contribution is 2.23. The SMILES string of the molecule is CN(C)CC(C)(C)CNC(=O)C1CCN(C(=O)CCc2ccc(S(=O)(=O)NC3CC3)cc2)CC1. The lowest BCUT2D eigenvalue weighted by molar-refractivity contribution is -0.135. The molecule has 9 heteroatoms. The topological polar surface area (TPSA) is 98.8 Å². The fourth-order valence-corrected chi connectivity index (χ4v) is 5.81. The van der Waals surface area contributed by atoms with E-state index in [0.717, 1.165) is 24.9 Å². The normalized spacial score (nSPS) is 17.7. The molecule has 0 aromatic heterocycles. The van der Waals surface area contributed by atoms with Gasteiger partial charge < -0.3 is 15.1 Å². The Bertz CT molecular complexity index is 948. The molecule has 0 bridgehead atoms. The lowest BCUT2D eigenvalue weighted by Crippen LogP contribution is -2.46. The van der Waals surface area contributed by atoms with E-state index in [4.69, 9.17) is 0 Å². The fraction of sp³-hybridized carbons (Fsp3) is 0.680. The van der Waals surface area contributed by atoms with Crippen LogP contribution in [0.5, 0.6) is 0 Å². The summed E-state index contributed by atoms with van der Waals surface area (Å²) in [5, 5.41) is 3.10. The van der Waals surface area contributed by atoms with E-state index in [1.807, 2.05) is 19.0 Å². The quantitative estimate of drug-likeness (QED) is 0.492. The number of sulfonamides is 1. The first-order valence-electron chi connectivity index (χ1n) is 12.3. The van der Waals surface area contributed by atoms with Crippen molar-refractivity contribution in [2.45, 2.75) is 63.3 Å². The number of benzene rings is 1. The smallest absolute Gasteiger partial charge is 0.240 e. The summed E-state index contributed by atoms with van der Waals surface area (Å²) in [6, 6.07) is 6.85. The molecule has 1 heterocycles. The second-order valence-electron chi connectivity index (χ2n) is 10.8. The first kappa shape index (κ1) is 26.6. The lowest BCUT2D eigenvalue weighted by atomic mass is 9.91. The number of nitrogens with one attached hydrogen (secondary N) is 2. The number of carbonyl (C=O) groups is 2. The molecule has 2 aliphatic rings. The zero-order valence-corrected chi connectivity index (χ0v) is 21.8. The molecular formula is C25H40N4O4S. The number of aryl methyl sites for hydroxylation is 1. The molecule has 3 rings (SSSR count). The number of rotatable bonds is 11. The van der Waals surface area contributed by atoms with Gasteiger partial charge in [0.2, 0.25) is 21.8 Å². The van der Waals surface area contributed by atoms with Gasteiger partial charge in [0.25, 0.3) is 0 Å². The molecule has 1 aliphatic carbocycles. The summed E-state index contributed by atoms with van der Waals surface area (Å²) in [7, 11) is 0.610. The molecule has 1 aliphatic heterocycles. The highest BCUT2D eigenvalue weighted by atomic mass is 32.2. The molecule has 1 aromatic rings. The van der Waals surface area contributed by atoms with Gasteiger partial charge in [-0.1, -0.05) is 26.0 Å². The molecular weight excluding hydrogens is 452 g/mol. The number of nitrogens with zero attached hydrogens (tertiary/aromatic N) is 2. The number of carbonyl (C=O) groups excluding carboxylic acids is 2. The third kappa shape index (κ3) is 8.06. The van der Waals surface area contributed by atoms with Crippen LogP contribution in [0.1, 0.15) is 51.5 Å². The third-order valence-electron chi connectivity index (χ3n) is 6.46. The van der Waals surface area contributed by atoms with Gasteiger partial charge >= 0.3 is 0 Å². The van der Waals surface area contributed by atoms with Crippen LogP contribution in [0.3, 0.4) is 0 Å².